The number of nitrogens with one attached hydrogen (secondary N) is 1. The second-order valence-electron chi connectivity index (χ2n) is 5.08. The first kappa shape index (κ1) is 26.3. The van der Waals surface area contributed by atoms with Crippen molar-refractivity contribution in [1.29, 1.82) is 0 Å². The van der Waals surface area contributed by atoms with Crippen molar-refractivity contribution in [2.24, 2.45) is 0 Å². The van der Waals surface area contributed by atoms with Crippen LogP contribution in [0.1, 0.15) is 80.4 Å². The Morgan fingerprint density at radius 3 is 1.75 bits per heavy atom. The quantitative estimate of drug-likeness (QED) is 0.294. The van der Waals surface area contributed by atoms with Gasteiger partial charge >= 0.3 is 65.1 Å². The molecule has 0 fully saturated rings. The zero-order valence-electron chi connectivity index (χ0n) is 16.0. The van der Waals surface area contributed by atoms with Gasteiger partial charge in [-0.15, -0.1) is 0 Å². The van der Waals surface area contributed by atoms with Crippen LogP contribution in [0.25, 0.3) is 0 Å². The topological polar surface area (TPSA) is 49.3 Å². The van der Waals surface area contributed by atoms with E-state index in [1.54, 1.807) is 0 Å². The van der Waals surface area contributed by atoms with E-state index >= 15 is 0 Å². The molecule has 0 rings (SSSR count). The molecule has 5 heteroatoms. The molecule has 0 saturated carbocycles. The first-order valence-corrected chi connectivity index (χ1v) is 7.70. The molecule has 0 radical (unpaired) electrons. The monoisotopic (exact) mass is 305 g/mol. The molecule has 0 aromatic heterocycles. The third-order valence-electron chi connectivity index (χ3n) is 3.22. The first-order valence-electron chi connectivity index (χ1n) is 7.70. The van der Waals surface area contributed by atoms with Gasteiger partial charge in [-0.3, -0.25) is 4.79 Å². The maximum atomic E-state index is 10.3. The van der Waals surface area contributed by atoms with E-state index < -0.39 is 5.97 Å². The number of unbranched alkanes of at least 4 members (excludes halogenated alkanes) is 9. The molecule has 0 atom stereocenters. The van der Waals surface area contributed by atoms with Gasteiger partial charge in [-0.25, -0.2) is 0 Å². The zero-order chi connectivity index (χ0) is 13.5. The van der Waals surface area contributed by atoms with E-state index in [-0.39, 0.29) is 68.4 Å². The Morgan fingerprint density at radius 1 is 0.850 bits per heavy atom. The maximum absolute atomic E-state index is 10.3. The second kappa shape index (κ2) is 22.7. The van der Waals surface area contributed by atoms with Crippen LogP contribution in [-0.2, 0) is 4.79 Å². The fourth-order valence-electron chi connectivity index (χ4n) is 2.06. The molecule has 0 aromatic carbocycles. The summed E-state index contributed by atoms with van der Waals surface area (Å²) in [5, 5.41) is 11.6. The van der Waals surface area contributed by atoms with Crippen LogP contribution in [0.4, 0.5) is 0 Å². The van der Waals surface area contributed by atoms with Crippen LogP contribution in [-0.4, -0.2) is 24.2 Å². The summed E-state index contributed by atoms with van der Waals surface area (Å²) < 4.78 is 0. The number of aliphatic carboxylic acids is 1. The smallest absolute Gasteiger partial charge is 1.00 e. The summed E-state index contributed by atoms with van der Waals surface area (Å²) in [7, 11) is 0. The predicted octanol–water partition coefficient (Wildman–Crippen LogP) is -1.80. The molecule has 0 heterocycles. The normalized spacial score (nSPS) is 9.65. The van der Waals surface area contributed by atoms with Crippen molar-refractivity contribution < 1.29 is 71.9 Å². The van der Waals surface area contributed by atoms with Gasteiger partial charge in [0.2, 0.25) is 0 Å². The Labute approximate surface area is 172 Å². The summed E-state index contributed by atoms with van der Waals surface area (Å²) in [6.45, 7) is 3.82. The Bertz CT molecular complexity index is 202. The molecule has 3 nitrogen and oxygen atoms in total. The summed E-state index contributed by atoms with van der Waals surface area (Å²) in [6.07, 6.45) is 13.7. The molecule has 112 valence electrons. The summed E-state index contributed by atoms with van der Waals surface area (Å²) in [6, 6.07) is 0. The molecule has 0 spiro atoms. The van der Waals surface area contributed by atoms with Gasteiger partial charge in [-0.05, 0) is 13.0 Å². The van der Waals surface area contributed by atoms with Crippen LogP contribution < -0.4 is 64.4 Å². The third kappa shape index (κ3) is 24.4. The van der Waals surface area contributed by atoms with Crippen LogP contribution in [0, 0.1) is 0 Å². The number of carboxylic acid groups (broad SMARTS) is 1. The molecule has 0 aliphatic heterocycles. The van der Waals surface area contributed by atoms with Crippen molar-refractivity contribution in [2.45, 2.75) is 77.6 Å². The van der Waals surface area contributed by atoms with E-state index in [2.05, 4.69) is 12.2 Å². The predicted molar refractivity (Wildman–Crippen MR) is 79.2 cm³/mol. The van der Waals surface area contributed by atoms with Gasteiger partial charge in [-0.2, -0.15) is 0 Å². The van der Waals surface area contributed by atoms with Gasteiger partial charge < -0.3 is 13.3 Å². The maximum Gasteiger partial charge on any atom is 1.00 e. The third-order valence-corrected chi connectivity index (χ3v) is 3.22. The van der Waals surface area contributed by atoms with E-state index in [0.717, 1.165) is 6.54 Å². The minimum atomic E-state index is -0.717. The molecule has 20 heavy (non-hydrogen) atoms. The molecule has 2 N–H and O–H groups in total. The zero-order valence-corrected chi connectivity index (χ0v) is 18.0. The minimum absolute atomic E-state index is 0. The molecule has 0 aliphatic carbocycles. The van der Waals surface area contributed by atoms with E-state index in [9.17, 15) is 4.79 Å². The first-order chi connectivity index (χ1) is 8.77. The van der Waals surface area contributed by atoms with Crippen molar-refractivity contribution in [3.63, 3.8) is 0 Å². The van der Waals surface area contributed by atoms with Gasteiger partial charge in [-0.1, -0.05) is 64.7 Å². The molecular weight excluding hydrogens is 272 g/mol. The number of hydrogen-bond acceptors (Lipinski definition) is 2. The molecule has 0 aromatic rings. The SMILES string of the molecule is CCCCCCCCCCCCNCCC(=O)O.[H-].[H-].[Na+].[Na+]. The van der Waals surface area contributed by atoms with Gasteiger partial charge in [0.05, 0.1) is 6.42 Å². The number of rotatable bonds is 14. The molecule has 0 amide bonds. The minimum Gasteiger partial charge on any atom is -1.00 e. The van der Waals surface area contributed by atoms with Gasteiger partial charge in [0.25, 0.3) is 0 Å². The van der Waals surface area contributed by atoms with Crippen LogP contribution in [0.3, 0.4) is 0 Å². The average Bonchev–Trinajstić information content (AvgIpc) is 2.34. The van der Waals surface area contributed by atoms with Crippen molar-refractivity contribution in [3.05, 3.63) is 0 Å². The Kier molecular flexibility index (Phi) is 29.9. The molecule has 0 bridgehead atoms. The molecular formula is C15H33NNa2O2. The molecule has 0 saturated heterocycles. The fraction of sp³-hybridized carbons (Fsp3) is 0.933. The number of carbonyl (C=O) groups is 1. The van der Waals surface area contributed by atoms with E-state index in [4.69, 9.17) is 5.11 Å². The summed E-state index contributed by atoms with van der Waals surface area (Å²) in [5.41, 5.74) is 0. The number of carboxylic acids is 1. The van der Waals surface area contributed by atoms with Crippen LogP contribution in [0.2, 0.25) is 0 Å². The van der Waals surface area contributed by atoms with E-state index in [1.165, 1.54) is 64.2 Å². The Balaban J connectivity index is -0.000000241. The summed E-state index contributed by atoms with van der Waals surface area (Å²) in [4.78, 5) is 10.3. The largest absolute Gasteiger partial charge is 1.00 e. The van der Waals surface area contributed by atoms with Crippen molar-refractivity contribution >= 4 is 5.97 Å². The van der Waals surface area contributed by atoms with E-state index in [0.29, 0.717) is 6.54 Å². The number of hydrogen-bond donors (Lipinski definition) is 2. The van der Waals surface area contributed by atoms with Crippen molar-refractivity contribution in [3.8, 4) is 0 Å². The molecule has 0 aliphatic rings. The summed E-state index contributed by atoms with van der Waals surface area (Å²) >= 11 is 0. The van der Waals surface area contributed by atoms with Gasteiger partial charge in [0.1, 0.15) is 0 Å². The second-order valence-corrected chi connectivity index (χ2v) is 5.08. The fourth-order valence-corrected chi connectivity index (χ4v) is 2.06. The van der Waals surface area contributed by atoms with Crippen molar-refractivity contribution in [2.75, 3.05) is 13.1 Å². The summed E-state index contributed by atoms with van der Waals surface area (Å²) in [5.74, 6) is -0.717. The van der Waals surface area contributed by atoms with Crippen LogP contribution >= 0.6 is 0 Å². The van der Waals surface area contributed by atoms with Crippen LogP contribution in [0.15, 0.2) is 0 Å². The Morgan fingerprint density at radius 2 is 1.30 bits per heavy atom. The average molecular weight is 305 g/mol. The standard InChI is InChI=1S/C15H31NO2.2Na.2H/c1-2-3-4-5-6-7-8-9-10-11-13-16-14-12-15(17)18;;;;/h16H,2-14H2,1H3,(H,17,18);;;;/q;2*+1;2*-1. The van der Waals surface area contributed by atoms with Crippen LogP contribution in [0.5, 0.6) is 0 Å². The Hall–Kier alpha value is 1.43. The van der Waals surface area contributed by atoms with Crippen molar-refractivity contribution in [1.82, 2.24) is 5.32 Å². The van der Waals surface area contributed by atoms with Gasteiger partial charge in [0.15, 0.2) is 0 Å². The van der Waals surface area contributed by atoms with E-state index in [1.807, 2.05) is 0 Å². The molecule has 0 unspecified atom stereocenters. The van der Waals surface area contributed by atoms with Gasteiger partial charge in [0, 0.05) is 6.54 Å².